The number of nitrogens with two attached hydrogens (primary N) is 1. The van der Waals surface area contributed by atoms with E-state index in [4.69, 9.17) is 5.73 Å². The number of aromatic nitrogens is 2. The maximum atomic E-state index is 12.1. The topological polar surface area (TPSA) is 101 Å². The average Bonchev–Trinajstić information content (AvgIpc) is 2.57. The van der Waals surface area contributed by atoms with Crippen LogP contribution in [0.4, 0.5) is 0 Å². The summed E-state index contributed by atoms with van der Waals surface area (Å²) in [5.74, 6) is 0.485. The molecule has 0 unspecified atom stereocenters. The van der Waals surface area contributed by atoms with Gasteiger partial charge in [-0.05, 0) is 25.7 Å². The Morgan fingerprint density at radius 1 is 1.53 bits per heavy atom. The molecule has 4 N–H and O–H groups in total. The zero-order valence-electron chi connectivity index (χ0n) is 9.86. The third-order valence-electron chi connectivity index (χ3n) is 3.21. The van der Waals surface area contributed by atoms with Crippen molar-refractivity contribution in [1.82, 2.24) is 14.9 Å². The van der Waals surface area contributed by atoms with Crippen LogP contribution in [0.25, 0.3) is 0 Å². The molecule has 0 bridgehead atoms. The normalized spacial score (nSPS) is 17.1. The first-order chi connectivity index (χ1) is 8.04. The largest absolute Gasteiger partial charge is 0.325 e. The number of hydrogen-bond donors (Lipinski definition) is 3. The van der Waals surface area contributed by atoms with Crippen molar-refractivity contribution in [3.05, 3.63) is 11.4 Å². The van der Waals surface area contributed by atoms with Gasteiger partial charge in [-0.15, -0.1) is 0 Å². The summed E-state index contributed by atoms with van der Waals surface area (Å²) >= 11 is 0. The quantitative estimate of drug-likeness (QED) is 0.705. The molecule has 0 aromatic carbocycles. The first-order valence-electron chi connectivity index (χ1n) is 5.78. The van der Waals surface area contributed by atoms with Crippen LogP contribution in [0.1, 0.15) is 30.7 Å². The minimum Gasteiger partial charge on any atom is -0.325 e. The minimum absolute atomic E-state index is 0.115. The lowest BCUT2D eigenvalue weighted by molar-refractivity contribution is 0.316. The standard InChI is InChI=1S/C10H18N4O2S/c1-7-10(9(5-11)14-13-7)17(15,16)12-6-8-3-2-4-8/h8,12H,2-6,11H2,1H3,(H,13,14). The summed E-state index contributed by atoms with van der Waals surface area (Å²) in [5, 5.41) is 6.55. The molecule has 17 heavy (non-hydrogen) atoms. The van der Waals surface area contributed by atoms with Gasteiger partial charge in [0.15, 0.2) is 0 Å². The molecule has 1 fully saturated rings. The maximum Gasteiger partial charge on any atom is 0.244 e. The fourth-order valence-corrected chi connectivity index (χ4v) is 3.45. The van der Waals surface area contributed by atoms with E-state index < -0.39 is 10.0 Å². The summed E-state index contributed by atoms with van der Waals surface area (Å²) in [6, 6.07) is 0. The predicted molar refractivity (Wildman–Crippen MR) is 63.7 cm³/mol. The number of aromatic amines is 1. The van der Waals surface area contributed by atoms with Gasteiger partial charge in [0.1, 0.15) is 4.90 Å². The molecule has 96 valence electrons. The lowest BCUT2D eigenvalue weighted by atomic mass is 9.86. The molecule has 1 aliphatic rings. The average molecular weight is 258 g/mol. The summed E-state index contributed by atoms with van der Waals surface area (Å²) < 4.78 is 26.9. The Morgan fingerprint density at radius 3 is 2.76 bits per heavy atom. The SMILES string of the molecule is Cc1[nH]nc(CN)c1S(=O)(=O)NCC1CCC1. The molecule has 0 radical (unpaired) electrons. The van der Waals surface area contributed by atoms with Crippen LogP contribution in [0.5, 0.6) is 0 Å². The third kappa shape index (κ3) is 2.51. The van der Waals surface area contributed by atoms with Gasteiger partial charge in [-0.3, -0.25) is 5.10 Å². The highest BCUT2D eigenvalue weighted by atomic mass is 32.2. The van der Waals surface area contributed by atoms with Crippen molar-refractivity contribution in [2.75, 3.05) is 6.54 Å². The predicted octanol–water partition coefficient (Wildman–Crippen LogP) is 0.255. The Balaban J connectivity index is 2.15. The van der Waals surface area contributed by atoms with Crippen LogP contribution in [-0.2, 0) is 16.6 Å². The molecule has 6 nitrogen and oxygen atoms in total. The second-order valence-electron chi connectivity index (χ2n) is 4.48. The Labute approximate surface area is 101 Å². The van der Waals surface area contributed by atoms with Crippen molar-refractivity contribution in [3.63, 3.8) is 0 Å². The van der Waals surface area contributed by atoms with Gasteiger partial charge in [0, 0.05) is 13.1 Å². The van der Waals surface area contributed by atoms with Crippen LogP contribution >= 0.6 is 0 Å². The lowest BCUT2D eigenvalue weighted by Crippen LogP contribution is -2.33. The summed E-state index contributed by atoms with van der Waals surface area (Å²) in [5.41, 5.74) is 6.41. The highest BCUT2D eigenvalue weighted by Gasteiger charge is 2.26. The van der Waals surface area contributed by atoms with Crippen molar-refractivity contribution >= 4 is 10.0 Å². The number of H-pyrrole nitrogens is 1. The zero-order chi connectivity index (χ0) is 12.5. The second kappa shape index (κ2) is 4.75. The van der Waals surface area contributed by atoms with Crippen LogP contribution in [0.2, 0.25) is 0 Å². The number of rotatable bonds is 5. The second-order valence-corrected chi connectivity index (χ2v) is 6.18. The van der Waals surface area contributed by atoms with Gasteiger partial charge >= 0.3 is 0 Å². The Kier molecular flexibility index (Phi) is 3.50. The highest BCUT2D eigenvalue weighted by Crippen LogP contribution is 2.26. The van der Waals surface area contributed by atoms with Crippen LogP contribution in [-0.4, -0.2) is 25.2 Å². The molecule has 1 heterocycles. The number of hydrogen-bond acceptors (Lipinski definition) is 4. The van der Waals surface area contributed by atoms with Crippen molar-refractivity contribution in [3.8, 4) is 0 Å². The summed E-state index contributed by atoms with van der Waals surface area (Å²) in [6.45, 7) is 2.31. The van der Waals surface area contributed by atoms with Gasteiger partial charge in [0.25, 0.3) is 0 Å². The maximum absolute atomic E-state index is 12.1. The van der Waals surface area contributed by atoms with Gasteiger partial charge in [-0.25, -0.2) is 13.1 Å². The van der Waals surface area contributed by atoms with E-state index in [2.05, 4.69) is 14.9 Å². The molecule has 1 aromatic rings. The molecule has 0 atom stereocenters. The molecule has 1 aliphatic carbocycles. The fraction of sp³-hybridized carbons (Fsp3) is 0.700. The Hall–Kier alpha value is -0.920. The molecule has 1 saturated carbocycles. The summed E-state index contributed by atoms with van der Waals surface area (Å²) in [7, 11) is -3.49. The molecule has 0 aliphatic heterocycles. The smallest absolute Gasteiger partial charge is 0.244 e. The lowest BCUT2D eigenvalue weighted by Gasteiger charge is -2.25. The van der Waals surface area contributed by atoms with Gasteiger partial charge in [0.05, 0.1) is 11.4 Å². The monoisotopic (exact) mass is 258 g/mol. The molecular formula is C10H18N4O2S. The summed E-state index contributed by atoms with van der Waals surface area (Å²) in [4.78, 5) is 0.208. The number of nitrogens with one attached hydrogen (secondary N) is 2. The van der Waals surface area contributed by atoms with Crippen molar-refractivity contribution in [2.45, 2.75) is 37.6 Å². The Bertz CT molecular complexity index is 490. The van der Waals surface area contributed by atoms with E-state index in [1.807, 2.05) is 0 Å². The molecule has 0 saturated heterocycles. The molecular weight excluding hydrogens is 240 g/mol. The van der Waals surface area contributed by atoms with Gasteiger partial charge in [-0.1, -0.05) is 6.42 Å². The molecule has 1 aromatic heterocycles. The first-order valence-corrected chi connectivity index (χ1v) is 7.26. The van der Waals surface area contributed by atoms with E-state index in [9.17, 15) is 8.42 Å². The molecule has 0 amide bonds. The summed E-state index contributed by atoms with van der Waals surface area (Å²) in [6.07, 6.45) is 3.42. The van der Waals surface area contributed by atoms with Crippen molar-refractivity contribution in [2.24, 2.45) is 11.7 Å². The first kappa shape index (κ1) is 12.5. The van der Waals surface area contributed by atoms with Gasteiger partial charge in [-0.2, -0.15) is 5.10 Å². The zero-order valence-corrected chi connectivity index (χ0v) is 10.7. The van der Waals surface area contributed by atoms with Crippen LogP contribution in [0, 0.1) is 12.8 Å². The van der Waals surface area contributed by atoms with Crippen molar-refractivity contribution in [1.29, 1.82) is 0 Å². The van der Waals surface area contributed by atoms with Crippen molar-refractivity contribution < 1.29 is 8.42 Å². The van der Waals surface area contributed by atoms with E-state index in [0.29, 0.717) is 23.9 Å². The van der Waals surface area contributed by atoms with Crippen LogP contribution in [0.15, 0.2) is 4.90 Å². The van der Waals surface area contributed by atoms with E-state index >= 15 is 0 Å². The molecule has 7 heteroatoms. The number of aryl methyl sites for hydroxylation is 1. The van der Waals surface area contributed by atoms with E-state index in [1.165, 1.54) is 6.42 Å². The van der Waals surface area contributed by atoms with E-state index in [0.717, 1.165) is 12.8 Å². The third-order valence-corrected chi connectivity index (χ3v) is 4.84. The van der Waals surface area contributed by atoms with E-state index in [-0.39, 0.29) is 11.4 Å². The van der Waals surface area contributed by atoms with Crippen LogP contribution in [0.3, 0.4) is 0 Å². The molecule has 0 spiro atoms. The number of nitrogens with zero attached hydrogens (tertiary/aromatic N) is 1. The number of sulfonamides is 1. The highest BCUT2D eigenvalue weighted by molar-refractivity contribution is 7.89. The van der Waals surface area contributed by atoms with E-state index in [1.54, 1.807) is 6.92 Å². The van der Waals surface area contributed by atoms with Crippen LogP contribution < -0.4 is 10.5 Å². The minimum atomic E-state index is -3.49. The fourth-order valence-electron chi connectivity index (χ4n) is 1.96. The Morgan fingerprint density at radius 2 is 2.24 bits per heavy atom. The van der Waals surface area contributed by atoms with Gasteiger partial charge in [0.2, 0.25) is 10.0 Å². The molecule has 2 rings (SSSR count). The van der Waals surface area contributed by atoms with Gasteiger partial charge < -0.3 is 5.73 Å².